The maximum Gasteiger partial charge on any atom is 0.312 e. The molecule has 1 aliphatic rings. The minimum Gasteiger partial charge on any atom is -0.481 e. The fourth-order valence-electron chi connectivity index (χ4n) is 0.614. The van der Waals surface area contributed by atoms with Crippen LogP contribution in [0.3, 0.4) is 0 Å². The third-order valence-corrected chi connectivity index (χ3v) is 1.17. The number of carboxylic acid groups (broad SMARTS) is 1. The topological polar surface area (TPSA) is 58.9 Å². The number of allylic oxidation sites excluding steroid dienone is 1. The second-order valence-electron chi connectivity index (χ2n) is 1.91. The lowest BCUT2D eigenvalue weighted by molar-refractivity contribution is -0.139. The Balaban J connectivity index is 2.60. The van der Waals surface area contributed by atoms with Crippen molar-refractivity contribution >= 4 is 12.2 Å². The van der Waals surface area contributed by atoms with Gasteiger partial charge in [-0.1, -0.05) is 5.16 Å². The Labute approximate surface area is 57.8 Å². The number of oxime groups is 1. The molecule has 4 heteroatoms. The first-order chi connectivity index (χ1) is 4.80. The van der Waals surface area contributed by atoms with Crippen molar-refractivity contribution in [3.05, 3.63) is 12.3 Å². The van der Waals surface area contributed by atoms with Gasteiger partial charge in [-0.05, 0) is 12.5 Å². The van der Waals surface area contributed by atoms with E-state index >= 15 is 0 Å². The molecule has 1 rings (SSSR count). The maximum atomic E-state index is 10.3. The van der Waals surface area contributed by atoms with E-state index in [1.807, 2.05) is 0 Å². The van der Waals surface area contributed by atoms with Gasteiger partial charge in [0.25, 0.3) is 0 Å². The van der Waals surface area contributed by atoms with Crippen LogP contribution < -0.4 is 0 Å². The van der Waals surface area contributed by atoms with Crippen molar-refractivity contribution in [3.63, 3.8) is 0 Å². The highest BCUT2D eigenvalue weighted by Crippen LogP contribution is 2.04. The zero-order chi connectivity index (χ0) is 7.40. The normalized spacial score (nSPS) is 23.4. The van der Waals surface area contributed by atoms with Crippen molar-refractivity contribution in [2.45, 2.75) is 6.42 Å². The number of nitrogens with zero attached hydrogens (tertiary/aromatic N) is 1. The highest BCUT2D eigenvalue weighted by molar-refractivity contribution is 5.88. The van der Waals surface area contributed by atoms with Crippen LogP contribution in [-0.4, -0.2) is 17.3 Å². The van der Waals surface area contributed by atoms with E-state index in [1.54, 1.807) is 6.08 Å². The quantitative estimate of drug-likeness (QED) is 0.581. The molecule has 4 nitrogen and oxygen atoms in total. The number of hydrogen-bond donors (Lipinski definition) is 1. The van der Waals surface area contributed by atoms with Gasteiger partial charge >= 0.3 is 5.97 Å². The summed E-state index contributed by atoms with van der Waals surface area (Å²) in [6.45, 7) is 0. The highest BCUT2D eigenvalue weighted by Gasteiger charge is 2.13. The van der Waals surface area contributed by atoms with Gasteiger partial charge in [-0.2, -0.15) is 0 Å². The molecular formula is C6H7NO3. The monoisotopic (exact) mass is 141 g/mol. The molecule has 10 heavy (non-hydrogen) atoms. The van der Waals surface area contributed by atoms with Crippen LogP contribution in [0.1, 0.15) is 6.42 Å². The summed E-state index contributed by atoms with van der Waals surface area (Å²) in [6.07, 6.45) is 4.73. The Morgan fingerprint density at radius 3 is 3.30 bits per heavy atom. The summed E-state index contributed by atoms with van der Waals surface area (Å²) in [6, 6.07) is 0. The summed E-state index contributed by atoms with van der Waals surface area (Å²) in [5.74, 6) is -1.42. The van der Waals surface area contributed by atoms with Crippen LogP contribution >= 0.6 is 0 Å². The lowest BCUT2D eigenvalue weighted by Gasteiger charge is -1.97. The molecule has 0 fully saturated rings. The first-order valence-corrected chi connectivity index (χ1v) is 2.88. The van der Waals surface area contributed by atoms with Crippen molar-refractivity contribution in [1.29, 1.82) is 0 Å². The second-order valence-corrected chi connectivity index (χ2v) is 1.91. The van der Waals surface area contributed by atoms with Gasteiger partial charge in [0.1, 0.15) is 6.26 Å². The van der Waals surface area contributed by atoms with Crippen LogP contribution in [0, 0.1) is 5.92 Å². The minimum absolute atomic E-state index is 0.443. The fraction of sp³-hybridized carbons (Fsp3) is 0.333. The molecule has 54 valence electrons. The fourth-order valence-corrected chi connectivity index (χ4v) is 0.614. The highest BCUT2D eigenvalue weighted by atomic mass is 16.6. The van der Waals surface area contributed by atoms with Crippen molar-refractivity contribution in [3.8, 4) is 0 Å². The van der Waals surface area contributed by atoms with E-state index in [0.717, 1.165) is 0 Å². The van der Waals surface area contributed by atoms with E-state index in [2.05, 4.69) is 9.99 Å². The molecule has 0 aromatic carbocycles. The molecule has 0 spiro atoms. The number of aliphatic carboxylic acids is 1. The summed E-state index contributed by atoms with van der Waals surface area (Å²) in [5, 5.41) is 11.9. The van der Waals surface area contributed by atoms with Crippen LogP contribution in [-0.2, 0) is 9.63 Å². The molecular weight excluding hydrogens is 134 g/mol. The van der Waals surface area contributed by atoms with E-state index in [0.29, 0.717) is 6.42 Å². The van der Waals surface area contributed by atoms with E-state index in [4.69, 9.17) is 5.11 Å². The van der Waals surface area contributed by atoms with Crippen molar-refractivity contribution in [1.82, 2.24) is 0 Å². The minimum atomic E-state index is -0.876. The Bertz CT molecular complexity index is 185. The van der Waals surface area contributed by atoms with Crippen LogP contribution in [0.4, 0.5) is 0 Å². The molecule has 0 aromatic rings. The third kappa shape index (κ3) is 1.58. The number of carbonyl (C=O) groups is 1. The van der Waals surface area contributed by atoms with E-state index in [1.165, 1.54) is 12.5 Å². The van der Waals surface area contributed by atoms with E-state index in [-0.39, 0.29) is 0 Å². The molecule has 0 saturated carbocycles. The van der Waals surface area contributed by atoms with Gasteiger partial charge in [0.05, 0.1) is 12.1 Å². The molecule has 0 radical (unpaired) electrons. The van der Waals surface area contributed by atoms with Gasteiger partial charge < -0.3 is 9.94 Å². The van der Waals surface area contributed by atoms with Crippen molar-refractivity contribution in [2.24, 2.45) is 11.1 Å². The smallest absolute Gasteiger partial charge is 0.312 e. The van der Waals surface area contributed by atoms with Crippen LogP contribution in [0.2, 0.25) is 0 Å². The summed E-state index contributed by atoms with van der Waals surface area (Å²) in [7, 11) is 0. The molecule has 0 saturated heterocycles. The largest absolute Gasteiger partial charge is 0.481 e. The van der Waals surface area contributed by atoms with Gasteiger partial charge in [0, 0.05) is 0 Å². The van der Waals surface area contributed by atoms with Gasteiger partial charge in [-0.25, -0.2) is 0 Å². The summed E-state index contributed by atoms with van der Waals surface area (Å²) in [4.78, 5) is 14.8. The number of rotatable bonds is 1. The van der Waals surface area contributed by atoms with E-state index in [9.17, 15) is 4.79 Å². The average molecular weight is 141 g/mol. The first kappa shape index (κ1) is 6.80. The summed E-state index contributed by atoms with van der Waals surface area (Å²) < 4.78 is 0. The molecule has 1 N–H and O–H groups in total. The van der Waals surface area contributed by atoms with Gasteiger partial charge in [-0.3, -0.25) is 4.79 Å². The van der Waals surface area contributed by atoms with Gasteiger partial charge in [0.15, 0.2) is 0 Å². The zero-order valence-electron chi connectivity index (χ0n) is 5.23. The lowest BCUT2D eigenvalue weighted by Crippen LogP contribution is -2.13. The molecule has 0 amide bonds. The molecule has 0 bridgehead atoms. The van der Waals surface area contributed by atoms with Crippen molar-refractivity contribution < 1.29 is 14.7 Å². The molecule has 1 aliphatic heterocycles. The van der Waals surface area contributed by atoms with Gasteiger partial charge in [-0.15, -0.1) is 0 Å². The molecule has 0 aromatic heterocycles. The predicted octanol–water partition coefficient (Wildman–Crippen LogP) is 0.607. The SMILES string of the molecule is O=C(O)C1C=NOC=CC1. The summed E-state index contributed by atoms with van der Waals surface area (Å²) in [5.41, 5.74) is 0. The second kappa shape index (κ2) is 3.00. The number of carboxylic acids is 1. The van der Waals surface area contributed by atoms with Crippen LogP contribution in [0.25, 0.3) is 0 Å². The summed E-state index contributed by atoms with van der Waals surface area (Å²) >= 11 is 0. The molecule has 1 unspecified atom stereocenters. The maximum absolute atomic E-state index is 10.3. The molecule has 1 atom stereocenters. The Morgan fingerprint density at radius 2 is 2.60 bits per heavy atom. The lowest BCUT2D eigenvalue weighted by atomic mass is 10.1. The standard InChI is InChI=1S/C6H7NO3/c8-6(9)5-2-1-3-10-7-4-5/h1,3-5H,2H2,(H,8,9). The zero-order valence-corrected chi connectivity index (χ0v) is 5.23. The molecule has 1 heterocycles. The predicted molar refractivity (Wildman–Crippen MR) is 34.5 cm³/mol. The average Bonchev–Trinajstić information content (AvgIpc) is 2.12. The molecule has 0 aliphatic carbocycles. The van der Waals surface area contributed by atoms with Crippen LogP contribution in [0.15, 0.2) is 17.5 Å². The third-order valence-electron chi connectivity index (χ3n) is 1.17. The Morgan fingerprint density at radius 1 is 1.80 bits per heavy atom. The van der Waals surface area contributed by atoms with Crippen molar-refractivity contribution in [2.75, 3.05) is 0 Å². The Kier molecular flexibility index (Phi) is 2.04. The van der Waals surface area contributed by atoms with E-state index < -0.39 is 11.9 Å². The van der Waals surface area contributed by atoms with Gasteiger partial charge in [0.2, 0.25) is 0 Å². The number of hydrogen-bond acceptors (Lipinski definition) is 3. The first-order valence-electron chi connectivity index (χ1n) is 2.88. The Hall–Kier alpha value is -1.32. The van der Waals surface area contributed by atoms with Crippen LogP contribution in [0.5, 0.6) is 0 Å².